The van der Waals surface area contributed by atoms with Crippen LogP contribution in [0, 0.1) is 0 Å². The summed E-state index contributed by atoms with van der Waals surface area (Å²) in [6.45, 7) is 4.00. The number of nitrogens with zero attached hydrogens (tertiary/aromatic N) is 1. The Labute approximate surface area is 133 Å². The highest BCUT2D eigenvalue weighted by atomic mass is 32.2. The van der Waals surface area contributed by atoms with Crippen LogP contribution >= 0.6 is 11.8 Å². The lowest BCUT2D eigenvalue weighted by Gasteiger charge is -2.14. The van der Waals surface area contributed by atoms with Crippen molar-refractivity contribution in [3.05, 3.63) is 34.7 Å². The van der Waals surface area contributed by atoms with Crippen molar-refractivity contribution in [2.45, 2.75) is 12.8 Å². The van der Waals surface area contributed by atoms with Crippen LogP contribution in [0.2, 0.25) is 0 Å². The van der Waals surface area contributed by atoms with Gasteiger partial charge in [-0.1, -0.05) is 12.1 Å². The molecule has 0 spiro atoms. The molecule has 3 rings (SSSR count). The van der Waals surface area contributed by atoms with Crippen molar-refractivity contribution < 1.29 is 14.3 Å². The molecule has 0 bridgehead atoms. The van der Waals surface area contributed by atoms with Gasteiger partial charge in [0.2, 0.25) is 0 Å². The Morgan fingerprint density at radius 1 is 1.18 bits per heavy atom. The first-order valence-corrected chi connectivity index (χ1v) is 8.22. The maximum atomic E-state index is 11.5. The van der Waals surface area contributed by atoms with Gasteiger partial charge in [-0.15, -0.1) is 0 Å². The third-order valence-electron chi connectivity index (χ3n) is 3.69. The number of imide groups is 1. The molecule has 0 saturated carbocycles. The van der Waals surface area contributed by atoms with Crippen LogP contribution in [0.1, 0.15) is 18.4 Å². The zero-order chi connectivity index (χ0) is 15.4. The molecule has 6 heteroatoms. The highest BCUT2D eigenvalue weighted by Crippen LogP contribution is 2.26. The summed E-state index contributed by atoms with van der Waals surface area (Å²) in [5, 5.41) is 1.92. The predicted octanol–water partition coefficient (Wildman–Crippen LogP) is 2.49. The summed E-state index contributed by atoms with van der Waals surface area (Å²) in [5.74, 6) is 0.488. The number of hydrogen-bond acceptors (Lipinski definition) is 5. The van der Waals surface area contributed by atoms with Gasteiger partial charge in [-0.2, -0.15) is 0 Å². The minimum Gasteiger partial charge on any atom is -0.492 e. The van der Waals surface area contributed by atoms with Crippen molar-refractivity contribution >= 4 is 29.0 Å². The van der Waals surface area contributed by atoms with Gasteiger partial charge in [0.05, 0.1) is 4.91 Å². The Hall–Kier alpha value is -1.79. The van der Waals surface area contributed by atoms with E-state index >= 15 is 0 Å². The van der Waals surface area contributed by atoms with Gasteiger partial charge in [0.25, 0.3) is 11.1 Å². The maximum absolute atomic E-state index is 11.5. The molecule has 0 atom stereocenters. The predicted molar refractivity (Wildman–Crippen MR) is 86.7 cm³/mol. The van der Waals surface area contributed by atoms with Crippen LogP contribution in [0.5, 0.6) is 5.75 Å². The Balaban J connectivity index is 1.52. The highest BCUT2D eigenvalue weighted by molar-refractivity contribution is 8.18. The van der Waals surface area contributed by atoms with Crippen molar-refractivity contribution in [1.82, 2.24) is 10.2 Å². The first kappa shape index (κ1) is 15.1. The third-order valence-corrected chi connectivity index (χ3v) is 4.51. The second kappa shape index (κ2) is 6.98. The number of carbonyl (C=O) groups is 2. The van der Waals surface area contributed by atoms with E-state index in [0.29, 0.717) is 11.5 Å². The summed E-state index contributed by atoms with van der Waals surface area (Å²) in [4.78, 5) is 25.4. The van der Waals surface area contributed by atoms with Crippen molar-refractivity contribution in [3.8, 4) is 5.75 Å². The van der Waals surface area contributed by atoms with E-state index in [1.165, 1.54) is 25.9 Å². The van der Waals surface area contributed by atoms with E-state index in [4.69, 9.17) is 4.74 Å². The molecule has 116 valence electrons. The maximum Gasteiger partial charge on any atom is 0.290 e. The minimum atomic E-state index is -0.332. The fraction of sp³-hybridized carbons (Fsp3) is 0.375. The highest BCUT2D eigenvalue weighted by Gasteiger charge is 2.24. The van der Waals surface area contributed by atoms with Crippen LogP contribution in [0.25, 0.3) is 6.08 Å². The van der Waals surface area contributed by atoms with Gasteiger partial charge < -0.3 is 4.74 Å². The van der Waals surface area contributed by atoms with Crippen molar-refractivity contribution in [1.29, 1.82) is 0 Å². The number of nitrogens with one attached hydrogen (secondary N) is 1. The molecule has 0 aliphatic carbocycles. The van der Waals surface area contributed by atoms with E-state index in [9.17, 15) is 9.59 Å². The van der Waals surface area contributed by atoms with E-state index < -0.39 is 0 Å². The van der Waals surface area contributed by atoms with Gasteiger partial charge in [0.15, 0.2) is 0 Å². The third kappa shape index (κ3) is 3.90. The second-order valence-corrected chi connectivity index (χ2v) is 6.33. The number of rotatable bonds is 5. The molecule has 2 aliphatic rings. The van der Waals surface area contributed by atoms with E-state index in [1.54, 1.807) is 6.08 Å². The topological polar surface area (TPSA) is 58.6 Å². The van der Waals surface area contributed by atoms with Crippen LogP contribution in [0.3, 0.4) is 0 Å². The van der Waals surface area contributed by atoms with Crippen molar-refractivity contribution in [3.63, 3.8) is 0 Å². The lowest BCUT2D eigenvalue weighted by molar-refractivity contribution is -0.115. The van der Waals surface area contributed by atoms with Gasteiger partial charge in [0.1, 0.15) is 12.4 Å². The van der Waals surface area contributed by atoms with Gasteiger partial charge in [-0.3, -0.25) is 19.8 Å². The second-order valence-electron chi connectivity index (χ2n) is 5.32. The number of thioether (sulfide) groups is 1. The molecule has 0 radical (unpaired) electrons. The van der Waals surface area contributed by atoms with E-state index in [2.05, 4.69) is 10.2 Å². The molecular formula is C16H18N2O3S. The Morgan fingerprint density at radius 3 is 2.55 bits per heavy atom. The van der Waals surface area contributed by atoms with E-state index in [0.717, 1.165) is 29.6 Å². The van der Waals surface area contributed by atoms with Crippen LogP contribution < -0.4 is 10.1 Å². The SMILES string of the molecule is O=C1NC(=O)C(=Cc2ccc(OCCN3CCCC3)cc2)S1. The number of hydrogen-bond donors (Lipinski definition) is 1. The first-order chi connectivity index (χ1) is 10.7. The summed E-state index contributed by atoms with van der Waals surface area (Å²) >= 11 is 0.925. The number of amides is 2. The quantitative estimate of drug-likeness (QED) is 0.845. The molecule has 1 aromatic rings. The molecule has 2 amide bonds. The number of carbonyl (C=O) groups excluding carboxylic acids is 2. The molecule has 5 nitrogen and oxygen atoms in total. The molecule has 1 N–H and O–H groups in total. The lowest BCUT2D eigenvalue weighted by Crippen LogP contribution is -2.25. The standard InChI is InChI=1S/C16H18N2O3S/c19-15-14(22-16(20)17-15)11-12-3-5-13(6-4-12)21-10-9-18-7-1-2-8-18/h3-6,11H,1-2,7-10H2,(H,17,19,20). The van der Waals surface area contributed by atoms with Gasteiger partial charge >= 0.3 is 0 Å². The summed E-state index contributed by atoms with van der Waals surface area (Å²) in [7, 11) is 0. The largest absolute Gasteiger partial charge is 0.492 e. The van der Waals surface area contributed by atoms with Gasteiger partial charge in [-0.05, 0) is 61.5 Å². The summed E-state index contributed by atoms with van der Waals surface area (Å²) in [5.41, 5.74) is 0.874. The molecular weight excluding hydrogens is 300 g/mol. The summed E-state index contributed by atoms with van der Waals surface area (Å²) in [6, 6.07) is 7.54. The summed E-state index contributed by atoms with van der Waals surface area (Å²) in [6.07, 6.45) is 4.29. The molecule has 2 fully saturated rings. The van der Waals surface area contributed by atoms with Crippen LogP contribution in [-0.4, -0.2) is 42.3 Å². The smallest absolute Gasteiger partial charge is 0.290 e. The van der Waals surface area contributed by atoms with Crippen molar-refractivity contribution in [2.24, 2.45) is 0 Å². The molecule has 2 saturated heterocycles. The average molecular weight is 318 g/mol. The van der Waals surface area contributed by atoms with Crippen molar-refractivity contribution in [2.75, 3.05) is 26.2 Å². The monoisotopic (exact) mass is 318 g/mol. The fourth-order valence-electron chi connectivity index (χ4n) is 2.53. The normalized spacial score (nSPS) is 20.6. The fourth-order valence-corrected chi connectivity index (χ4v) is 3.21. The number of likely N-dealkylation sites (tertiary alicyclic amines) is 1. The van der Waals surface area contributed by atoms with Crippen LogP contribution in [0.4, 0.5) is 4.79 Å². The molecule has 0 aromatic heterocycles. The van der Waals surface area contributed by atoms with Crippen LogP contribution in [-0.2, 0) is 4.79 Å². The zero-order valence-electron chi connectivity index (χ0n) is 12.2. The summed E-state index contributed by atoms with van der Waals surface area (Å²) < 4.78 is 5.73. The Kier molecular flexibility index (Phi) is 4.80. The van der Waals surface area contributed by atoms with Gasteiger partial charge in [0, 0.05) is 6.54 Å². The molecule has 2 heterocycles. The van der Waals surface area contributed by atoms with E-state index in [-0.39, 0.29) is 11.1 Å². The number of benzene rings is 1. The first-order valence-electron chi connectivity index (χ1n) is 7.41. The molecule has 1 aromatic carbocycles. The molecule has 22 heavy (non-hydrogen) atoms. The molecule has 2 aliphatic heterocycles. The molecule has 0 unspecified atom stereocenters. The minimum absolute atomic E-state index is 0.321. The number of ether oxygens (including phenoxy) is 1. The van der Waals surface area contributed by atoms with Crippen LogP contribution in [0.15, 0.2) is 29.2 Å². The van der Waals surface area contributed by atoms with Gasteiger partial charge in [-0.25, -0.2) is 0 Å². The Morgan fingerprint density at radius 2 is 1.91 bits per heavy atom. The average Bonchev–Trinajstić information content (AvgIpc) is 3.11. The lowest BCUT2D eigenvalue weighted by atomic mass is 10.2. The zero-order valence-corrected chi connectivity index (χ0v) is 13.0. The Bertz CT molecular complexity index is 592. The van der Waals surface area contributed by atoms with E-state index in [1.807, 2.05) is 24.3 Å².